The number of hydrogen-bond donors (Lipinski definition) is 5. The zero-order valence-electron chi connectivity index (χ0n) is 39.8. The Morgan fingerprint density at radius 2 is 0.678 bits per heavy atom. The van der Waals surface area contributed by atoms with Gasteiger partial charge in [-0.15, -0.1) is 0 Å². The van der Waals surface area contributed by atoms with Crippen molar-refractivity contribution in [2.75, 3.05) is 6.61 Å². The first-order chi connectivity index (χ1) is 29.0. The minimum absolute atomic E-state index is 0.372. The second-order valence-electron chi connectivity index (χ2n) is 18.6. The molecule has 0 aliphatic rings. The standard InChI is InChI=1S/C53H105NO5/c1-3-5-7-9-11-13-15-17-19-20-21-22-23-24-25-26-27-28-29-30-31-32-33-35-37-39-41-43-45-47-51(57)53(59)54-49(48-55)52(58)50(56)46-44-42-40-38-36-34-18-16-14-12-10-8-6-4-2/h24-25,49-52,55-58H,3-23,26-48H2,1-2H3,(H,54,59)/b25-24-. The van der Waals surface area contributed by atoms with Gasteiger partial charge in [-0.05, 0) is 38.5 Å². The van der Waals surface area contributed by atoms with Crippen LogP contribution in [-0.2, 0) is 4.79 Å². The first-order valence-corrected chi connectivity index (χ1v) is 26.6. The van der Waals surface area contributed by atoms with E-state index in [9.17, 15) is 25.2 Å². The third kappa shape index (κ3) is 42.1. The molecule has 4 unspecified atom stereocenters. The van der Waals surface area contributed by atoms with Crippen LogP contribution in [0.1, 0.15) is 290 Å². The van der Waals surface area contributed by atoms with Crippen LogP contribution in [0.2, 0.25) is 0 Å². The fourth-order valence-corrected chi connectivity index (χ4v) is 8.52. The number of allylic oxidation sites excluding steroid dienone is 2. The Hall–Kier alpha value is -0.950. The molecule has 352 valence electrons. The molecule has 0 aromatic rings. The van der Waals surface area contributed by atoms with Gasteiger partial charge in [0.2, 0.25) is 5.91 Å². The summed E-state index contributed by atoms with van der Waals surface area (Å²) in [4.78, 5) is 12.6. The lowest BCUT2D eigenvalue weighted by molar-refractivity contribution is -0.132. The number of aliphatic hydroxyl groups excluding tert-OH is 4. The van der Waals surface area contributed by atoms with Crippen LogP contribution in [0.15, 0.2) is 12.2 Å². The van der Waals surface area contributed by atoms with Gasteiger partial charge in [0.1, 0.15) is 12.2 Å². The lowest BCUT2D eigenvalue weighted by atomic mass is 9.99. The van der Waals surface area contributed by atoms with E-state index in [1.54, 1.807) is 0 Å². The molecule has 6 nitrogen and oxygen atoms in total. The Morgan fingerprint density at radius 3 is 0.983 bits per heavy atom. The molecule has 6 heteroatoms. The molecule has 0 heterocycles. The van der Waals surface area contributed by atoms with Gasteiger partial charge < -0.3 is 25.7 Å². The molecule has 1 amide bonds. The molecule has 0 radical (unpaired) electrons. The van der Waals surface area contributed by atoms with Crippen molar-refractivity contribution in [3.05, 3.63) is 12.2 Å². The number of carbonyl (C=O) groups excluding carboxylic acids is 1. The number of hydrogen-bond acceptors (Lipinski definition) is 5. The molecule has 0 aromatic heterocycles. The van der Waals surface area contributed by atoms with E-state index in [1.165, 1.54) is 225 Å². The zero-order valence-corrected chi connectivity index (χ0v) is 39.8. The van der Waals surface area contributed by atoms with E-state index >= 15 is 0 Å². The second-order valence-corrected chi connectivity index (χ2v) is 18.6. The molecule has 0 rings (SSSR count). The minimum Gasteiger partial charge on any atom is -0.394 e. The maximum absolute atomic E-state index is 12.6. The third-order valence-corrected chi connectivity index (χ3v) is 12.7. The maximum Gasteiger partial charge on any atom is 0.249 e. The fourth-order valence-electron chi connectivity index (χ4n) is 8.52. The van der Waals surface area contributed by atoms with Crippen molar-refractivity contribution >= 4 is 5.91 Å². The van der Waals surface area contributed by atoms with Crippen molar-refractivity contribution in [1.29, 1.82) is 0 Å². The first-order valence-electron chi connectivity index (χ1n) is 26.6. The molecule has 0 aliphatic carbocycles. The third-order valence-electron chi connectivity index (χ3n) is 12.7. The quantitative estimate of drug-likeness (QED) is 0.0310. The Kier molecular flexibility index (Phi) is 47.3. The van der Waals surface area contributed by atoms with Crippen LogP contribution >= 0.6 is 0 Å². The van der Waals surface area contributed by atoms with Gasteiger partial charge >= 0.3 is 0 Å². The number of nitrogens with one attached hydrogen (secondary N) is 1. The van der Waals surface area contributed by atoms with Crippen molar-refractivity contribution in [3.8, 4) is 0 Å². The van der Waals surface area contributed by atoms with Crippen LogP contribution in [0.25, 0.3) is 0 Å². The molecule has 0 saturated carbocycles. The largest absolute Gasteiger partial charge is 0.394 e. The summed E-state index contributed by atoms with van der Waals surface area (Å²) in [6.07, 6.45) is 55.6. The van der Waals surface area contributed by atoms with Gasteiger partial charge in [-0.25, -0.2) is 0 Å². The van der Waals surface area contributed by atoms with E-state index < -0.39 is 36.9 Å². The summed E-state index contributed by atoms with van der Waals surface area (Å²) in [6.45, 7) is 4.07. The monoisotopic (exact) mass is 836 g/mol. The summed E-state index contributed by atoms with van der Waals surface area (Å²) in [5.41, 5.74) is 0. The molecule has 0 aromatic carbocycles. The van der Waals surface area contributed by atoms with Crippen molar-refractivity contribution in [2.24, 2.45) is 0 Å². The number of aliphatic hydroxyl groups is 4. The number of amides is 1. The maximum atomic E-state index is 12.6. The highest BCUT2D eigenvalue weighted by Gasteiger charge is 2.28. The molecule has 0 spiro atoms. The lowest BCUT2D eigenvalue weighted by Gasteiger charge is -2.27. The molecule has 59 heavy (non-hydrogen) atoms. The molecular weight excluding hydrogens is 731 g/mol. The Labute approximate surface area is 368 Å². The Bertz CT molecular complexity index is 852. The molecule has 0 fully saturated rings. The summed E-state index contributed by atoms with van der Waals surface area (Å²) >= 11 is 0. The van der Waals surface area contributed by atoms with Gasteiger partial charge in [0.25, 0.3) is 0 Å². The van der Waals surface area contributed by atoms with Gasteiger partial charge in [-0.1, -0.05) is 264 Å². The summed E-state index contributed by atoms with van der Waals surface area (Å²) in [5.74, 6) is -0.580. The van der Waals surface area contributed by atoms with Crippen molar-refractivity contribution in [2.45, 2.75) is 314 Å². The number of unbranched alkanes of at least 4 members (excludes halogenated alkanes) is 38. The molecular formula is C53H105NO5. The van der Waals surface area contributed by atoms with E-state index in [-0.39, 0.29) is 0 Å². The highest BCUT2D eigenvalue weighted by Crippen LogP contribution is 2.18. The minimum atomic E-state index is -1.26. The van der Waals surface area contributed by atoms with Crippen LogP contribution < -0.4 is 5.32 Å². The molecule has 0 bridgehead atoms. The Morgan fingerprint density at radius 1 is 0.407 bits per heavy atom. The SMILES string of the molecule is CCCCCCCCCCCCCC/C=C\CCCCCCCCCCCCCCCC(O)C(=O)NC(CO)C(O)C(O)CCCCCCCCCCCCCCCC. The smallest absolute Gasteiger partial charge is 0.249 e. The van der Waals surface area contributed by atoms with E-state index in [2.05, 4.69) is 31.3 Å². The fraction of sp³-hybridized carbons (Fsp3) is 0.943. The normalized spacial score (nSPS) is 13.9. The first kappa shape index (κ1) is 58.0. The van der Waals surface area contributed by atoms with Gasteiger partial charge in [-0.3, -0.25) is 4.79 Å². The zero-order chi connectivity index (χ0) is 43.1. The summed E-state index contributed by atoms with van der Waals surface area (Å²) < 4.78 is 0. The summed E-state index contributed by atoms with van der Waals surface area (Å²) in [7, 11) is 0. The topological polar surface area (TPSA) is 110 Å². The van der Waals surface area contributed by atoms with Crippen LogP contribution in [0.3, 0.4) is 0 Å². The number of rotatable bonds is 49. The number of carbonyl (C=O) groups is 1. The van der Waals surface area contributed by atoms with E-state index in [4.69, 9.17) is 0 Å². The molecule has 5 N–H and O–H groups in total. The van der Waals surface area contributed by atoms with Crippen molar-refractivity contribution < 1.29 is 25.2 Å². The van der Waals surface area contributed by atoms with Crippen LogP contribution in [0, 0.1) is 0 Å². The van der Waals surface area contributed by atoms with Gasteiger partial charge in [0, 0.05) is 0 Å². The van der Waals surface area contributed by atoms with E-state index in [1.807, 2.05) is 0 Å². The average molecular weight is 836 g/mol. The predicted octanol–water partition coefficient (Wildman–Crippen LogP) is 14.9. The van der Waals surface area contributed by atoms with Crippen LogP contribution in [0.4, 0.5) is 0 Å². The van der Waals surface area contributed by atoms with Crippen LogP contribution in [-0.4, -0.2) is 57.3 Å². The van der Waals surface area contributed by atoms with E-state index in [0.717, 1.165) is 38.5 Å². The van der Waals surface area contributed by atoms with E-state index in [0.29, 0.717) is 12.8 Å². The second kappa shape index (κ2) is 48.1. The highest BCUT2D eigenvalue weighted by atomic mass is 16.3. The van der Waals surface area contributed by atoms with Gasteiger partial charge in [-0.2, -0.15) is 0 Å². The molecule has 0 aliphatic heterocycles. The summed E-state index contributed by atoms with van der Waals surface area (Å²) in [5, 5.41) is 43.8. The van der Waals surface area contributed by atoms with Crippen LogP contribution in [0.5, 0.6) is 0 Å². The van der Waals surface area contributed by atoms with Gasteiger partial charge in [0.05, 0.1) is 18.8 Å². The Balaban J connectivity index is 3.58. The highest BCUT2D eigenvalue weighted by molar-refractivity contribution is 5.80. The summed E-state index contributed by atoms with van der Waals surface area (Å²) in [6, 6.07) is -0.982. The lowest BCUT2D eigenvalue weighted by Crippen LogP contribution is -2.53. The molecule has 4 atom stereocenters. The van der Waals surface area contributed by atoms with Gasteiger partial charge in [0.15, 0.2) is 0 Å². The predicted molar refractivity (Wildman–Crippen MR) is 256 cm³/mol. The average Bonchev–Trinajstić information content (AvgIpc) is 3.24. The van der Waals surface area contributed by atoms with Crippen molar-refractivity contribution in [1.82, 2.24) is 5.32 Å². The van der Waals surface area contributed by atoms with Crippen molar-refractivity contribution in [3.63, 3.8) is 0 Å². The molecule has 0 saturated heterocycles.